The number of para-hydroxylation sites is 4. The lowest BCUT2D eigenvalue weighted by atomic mass is 9.94. The van der Waals surface area contributed by atoms with Crippen LogP contribution in [0, 0.1) is 0 Å². The minimum absolute atomic E-state index is 0.604. The fourth-order valence-corrected chi connectivity index (χ4v) is 12.3. The maximum Gasteiger partial charge on any atom is 0.161 e. The SMILES string of the molecule is c1ccc(-c2cc(-c3ccccc3)nc(-c3cc(N4c5ccccc5Sc5ccccc54)cc4c(-c5nc(-c6ccccc6)cc(-c6ccccc6)n5)cc(N5c6ccccc6Sc6ccccc65)cc34)n2)cc1. The van der Waals surface area contributed by atoms with Crippen molar-refractivity contribution in [2.45, 2.75) is 19.6 Å². The molecule has 0 aliphatic carbocycles. The van der Waals surface area contributed by atoms with Crippen molar-refractivity contribution in [2.24, 2.45) is 0 Å². The van der Waals surface area contributed by atoms with Crippen molar-refractivity contribution in [2.75, 3.05) is 9.80 Å². The average Bonchev–Trinajstić information content (AvgIpc) is 3.48. The van der Waals surface area contributed by atoms with Crippen LogP contribution in [0.4, 0.5) is 34.1 Å². The highest BCUT2D eigenvalue weighted by Gasteiger charge is 2.30. The fraction of sp³-hybridized carbons (Fsp3) is 0. The summed E-state index contributed by atoms with van der Waals surface area (Å²) in [5.41, 5.74) is 15.4. The molecule has 8 heteroatoms. The van der Waals surface area contributed by atoms with Crippen LogP contribution < -0.4 is 9.80 Å². The van der Waals surface area contributed by atoms with Crippen LogP contribution in [0.3, 0.4) is 0 Å². The molecule has 12 aromatic rings. The van der Waals surface area contributed by atoms with Crippen molar-refractivity contribution in [1.29, 1.82) is 0 Å². The van der Waals surface area contributed by atoms with Crippen LogP contribution >= 0.6 is 23.5 Å². The van der Waals surface area contributed by atoms with Gasteiger partial charge in [-0.25, -0.2) is 19.9 Å². The van der Waals surface area contributed by atoms with Gasteiger partial charge in [-0.1, -0.05) is 193 Å². The number of fused-ring (bicyclic) bond motifs is 5. The third-order valence-electron chi connectivity index (χ3n) is 13.6. The zero-order valence-corrected chi connectivity index (χ0v) is 41.4. The minimum atomic E-state index is 0.604. The number of anilines is 6. The molecule has 6 nitrogen and oxygen atoms in total. The number of nitrogens with zero attached hydrogens (tertiary/aromatic N) is 6. The molecule has 2 aliphatic heterocycles. The van der Waals surface area contributed by atoms with Crippen molar-refractivity contribution in [3.63, 3.8) is 0 Å². The van der Waals surface area contributed by atoms with E-state index in [2.05, 4.69) is 240 Å². The zero-order valence-electron chi connectivity index (χ0n) is 39.7. The first-order valence-electron chi connectivity index (χ1n) is 24.6. The molecule has 0 saturated heterocycles. The van der Waals surface area contributed by atoms with Crippen molar-refractivity contribution >= 4 is 68.4 Å². The number of aromatic nitrogens is 4. The van der Waals surface area contributed by atoms with Crippen LogP contribution in [-0.4, -0.2) is 19.9 Å². The number of benzene rings is 10. The van der Waals surface area contributed by atoms with E-state index in [0.717, 1.165) is 101 Å². The van der Waals surface area contributed by atoms with Crippen LogP contribution in [0.2, 0.25) is 0 Å². The van der Waals surface area contributed by atoms with Crippen LogP contribution in [0.5, 0.6) is 0 Å². The topological polar surface area (TPSA) is 58.0 Å². The van der Waals surface area contributed by atoms with Gasteiger partial charge >= 0.3 is 0 Å². The molecule has 0 N–H and O–H groups in total. The van der Waals surface area contributed by atoms with Gasteiger partial charge in [0.2, 0.25) is 0 Å². The Kier molecular flexibility index (Phi) is 10.9. The number of hydrogen-bond donors (Lipinski definition) is 0. The van der Waals surface area contributed by atoms with Gasteiger partial charge in [0.1, 0.15) is 0 Å². The Bertz CT molecular complexity index is 3620. The third kappa shape index (κ3) is 7.88. The molecule has 0 spiro atoms. The highest BCUT2D eigenvalue weighted by Crippen LogP contribution is 2.55. The summed E-state index contributed by atoms with van der Waals surface area (Å²) in [7, 11) is 0. The zero-order chi connectivity index (χ0) is 49.0. The van der Waals surface area contributed by atoms with Gasteiger partial charge in [0.25, 0.3) is 0 Å². The molecule has 2 aliphatic rings. The Morgan fingerprint density at radius 1 is 0.257 bits per heavy atom. The van der Waals surface area contributed by atoms with E-state index in [-0.39, 0.29) is 0 Å². The number of rotatable bonds is 8. The summed E-state index contributed by atoms with van der Waals surface area (Å²) in [5.74, 6) is 1.21. The summed E-state index contributed by atoms with van der Waals surface area (Å²) < 4.78 is 0. The van der Waals surface area contributed by atoms with Gasteiger partial charge in [-0.05, 0) is 95.7 Å². The Hall–Kier alpha value is -9.08. The summed E-state index contributed by atoms with van der Waals surface area (Å²) in [6, 6.07) is 89.8. The monoisotopic (exact) mass is 982 g/mol. The third-order valence-corrected chi connectivity index (χ3v) is 15.9. The first-order chi connectivity index (χ1) is 36.7. The second kappa shape index (κ2) is 18.5. The van der Waals surface area contributed by atoms with Gasteiger partial charge in [0, 0.05) is 64.3 Å². The predicted octanol–water partition coefficient (Wildman–Crippen LogP) is 18.3. The molecule has 0 radical (unpaired) electrons. The van der Waals surface area contributed by atoms with E-state index in [0.29, 0.717) is 11.6 Å². The van der Waals surface area contributed by atoms with Crippen molar-refractivity contribution in [1.82, 2.24) is 19.9 Å². The second-order valence-electron chi connectivity index (χ2n) is 18.2. The van der Waals surface area contributed by atoms with E-state index in [4.69, 9.17) is 19.9 Å². The summed E-state index contributed by atoms with van der Waals surface area (Å²) in [5, 5.41) is 1.92. The van der Waals surface area contributed by atoms with Crippen molar-refractivity contribution in [3.05, 3.63) is 255 Å². The summed E-state index contributed by atoms with van der Waals surface area (Å²) >= 11 is 3.59. The lowest BCUT2D eigenvalue weighted by Gasteiger charge is -2.34. The standard InChI is InChI=1S/C66H42N6S2/c1-5-21-43(22-6-1)53-41-54(44-23-7-2-8-24-44)68-65(67-53)51-39-47(71-57-29-13-17-33-61(57)73-62-34-18-14-30-58(62)71)38-50-49(51)37-48(72-59-31-15-19-35-63(59)74-64-36-20-16-32-60(64)72)40-52(50)66-69-55(45-25-9-3-10-26-45)42-56(70-66)46-27-11-4-12-28-46/h1-42H. The van der Waals surface area contributed by atoms with Gasteiger partial charge in [-0.15, -0.1) is 0 Å². The molecule has 74 heavy (non-hydrogen) atoms. The Balaban J connectivity index is 1.14. The summed E-state index contributed by atoms with van der Waals surface area (Å²) in [6.45, 7) is 0. The van der Waals surface area contributed by atoms with E-state index >= 15 is 0 Å². The molecular weight excluding hydrogens is 941 g/mol. The molecule has 348 valence electrons. The van der Waals surface area contributed by atoms with E-state index in [1.165, 1.54) is 19.6 Å². The molecule has 0 atom stereocenters. The smallest absolute Gasteiger partial charge is 0.161 e. The van der Waals surface area contributed by atoms with Crippen LogP contribution in [-0.2, 0) is 0 Å². The molecule has 10 aromatic carbocycles. The Morgan fingerprint density at radius 3 is 0.797 bits per heavy atom. The van der Waals surface area contributed by atoms with E-state index < -0.39 is 0 Å². The highest BCUT2D eigenvalue weighted by atomic mass is 32.2. The molecular formula is C66H42N6S2. The molecule has 0 fully saturated rings. The predicted molar refractivity (Wildman–Crippen MR) is 305 cm³/mol. The minimum Gasteiger partial charge on any atom is -0.308 e. The average molecular weight is 983 g/mol. The lowest BCUT2D eigenvalue weighted by molar-refractivity contribution is 1.15. The Labute approximate surface area is 437 Å². The van der Waals surface area contributed by atoms with E-state index in [1.807, 2.05) is 24.3 Å². The first kappa shape index (κ1) is 43.7. The molecule has 0 amide bonds. The van der Waals surface area contributed by atoms with Gasteiger partial charge in [-0.2, -0.15) is 0 Å². The first-order valence-corrected chi connectivity index (χ1v) is 26.2. The molecule has 0 bridgehead atoms. The highest BCUT2D eigenvalue weighted by molar-refractivity contribution is 8.00. The van der Waals surface area contributed by atoms with E-state index in [9.17, 15) is 0 Å². The van der Waals surface area contributed by atoms with Gasteiger partial charge in [0.15, 0.2) is 11.6 Å². The van der Waals surface area contributed by atoms with E-state index in [1.54, 1.807) is 23.5 Å². The fourth-order valence-electron chi connectivity index (χ4n) is 10.2. The van der Waals surface area contributed by atoms with Crippen molar-refractivity contribution < 1.29 is 0 Å². The maximum atomic E-state index is 5.57. The largest absolute Gasteiger partial charge is 0.308 e. The molecule has 2 aromatic heterocycles. The molecule has 0 unspecified atom stereocenters. The van der Waals surface area contributed by atoms with Gasteiger partial charge in [0.05, 0.1) is 45.5 Å². The van der Waals surface area contributed by atoms with Crippen molar-refractivity contribution in [3.8, 4) is 67.8 Å². The maximum absolute atomic E-state index is 5.57. The van der Waals surface area contributed by atoms with Crippen LogP contribution in [0.1, 0.15) is 0 Å². The molecule has 4 heterocycles. The number of hydrogen-bond acceptors (Lipinski definition) is 8. The lowest BCUT2D eigenvalue weighted by Crippen LogP contribution is -2.16. The Morgan fingerprint density at radius 2 is 0.514 bits per heavy atom. The quantitative estimate of drug-likeness (QED) is 0.149. The second-order valence-corrected chi connectivity index (χ2v) is 20.4. The summed E-state index contributed by atoms with van der Waals surface area (Å²) in [4.78, 5) is 31.7. The van der Waals surface area contributed by atoms with Crippen LogP contribution in [0.25, 0.3) is 78.6 Å². The van der Waals surface area contributed by atoms with Gasteiger partial charge < -0.3 is 9.80 Å². The normalized spacial score (nSPS) is 12.4. The van der Waals surface area contributed by atoms with Gasteiger partial charge in [-0.3, -0.25) is 0 Å². The molecule has 14 rings (SSSR count). The molecule has 0 saturated carbocycles. The van der Waals surface area contributed by atoms with Crippen LogP contribution in [0.15, 0.2) is 274 Å². The summed E-state index contributed by atoms with van der Waals surface area (Å²) in [6.07, 6.45) is 0.